The van der Waals surface area contributed by atoms with E-state index in [0.29, 0.717) is 0 Å². The first-order valence-electron chi connectivity index (χ1n) is 6.87. The highest BCUT2D eigenvalue weighted by molar-refractivity contribution is 5.21. The van der Waals surface area contributed by atoms with Crippen LogP contribution in [0.3, 0.4) is 0 Å². The lowest BCUT2D eigenvalue weighted by Crippen LogP contribution is -2.44. The maximum Gasteiger partial charge on any atom is 0.0871 e. The number of hydrogen-bond donors (Lipinski definition) is 1. The molecule has 18 heavy (non-hydrogen) atoms. The van der Waals surface area contributed by atoms with Crippen molar-refractivity contribution in [2.45, 2.75) is 52.2 Å². The van der Waals surface area contributed by atoms with Crippen LogP contribution in [0.4, 0.5) is 0 Å². The Morgan fingerprint density at radius 2 is 1.94 bits per heavy atom. The van der Waals surface area contributed by atoms with Crippen molar-refractivity contribution in [1.82, 2.24) is 10.3 Å². The van der Waals surface area contributed by atoms with Crippen LogP contribution < -0.4 is 5.32 Å². The predicted octanol–water partition coefficient (Wildman–Crippen LogP) is 3.25. The van der Waals surface area contributed by atoms with E-state index in [4.69, 9.17) is 4.74 Å². The van der Waals surface area contributed by atoms with Gasteiger partial charge in [0, 0.05) is 18.5 Å². The van der Waals surface area contributed by atoms with E-state index in [0.717, 1.165) is 25.1 Å². The minimum absolute atomic E-state index is 0.152. The zero-order valence-corrected chi connectivity index (χ0v) is 12.3. The number of aryl methyl sites for hydroxylation is 1. The van der Waals surface area contributed by atoms with E-state index >= 15 is 0 Å². The lowest BCUT2D eigenvalue weighted by Gasteiger charge is -2.39. The molecule has 1 rings (SSSR count). The highest BCUT2D eigenvalue weighted by Gasteiger charge is 2.36. The lowest BCUT2D eigenvalue weighted by atomic mass is 9.84. The van der Waals surface area contributed by atoms with Gasteiger partial charge in [-0.2, -0.15) is 0 Å². The minimum Gasteiger partial charge on any atom is -0.373 e. The minimum atomic E-state index is -0.152. The van der Waals surface area contributed by atoms with Crippen LogP contribution in [0.2, 0.25) is 0 Å². The van der Waals surface area contributed by atoms with Crippen molar-refractivity contribution in [3.8, 4) is 0 Å². The van der Waals surface area contributed by atoms with Crippen molar-refractivity contribution >= 4 is 0 Å². The van der Waals surface area contributed by atoms with E-state index in [1.54, 1.807) is 0 Å². The van der Waals surface area contributed by atoms with Gasteiger partial charge in [-0.25, -0.2) is 0 Å². The van der Waals surface area contributed by atoms with Gasteiger partial charge in [0.1, 0.15) is 0 Å². The Balaban J connectivity index is 3.08. The molecule has 3 nitrogen and oxygen atoms in total. The number of aromatic nitrogens is 1. The molecule has 1 atom stereocenters. The van der Waals surface area contributed by atoms with E-state index in [2.05, 4.69) is 43.2 Å². The number of hydrogen-bond acceptors (Lipinski definition) is 3. The van der Waals surface area contributed by atoms with Crippen molar-refractivity contribution in [3.05, 3.63) is 29.6 Å². The summed E-state index contributed by atoms with van der Waals surface area (Å²) in [5.74, 6) is 0. The fourth-order valence-electron chi connectivity index (χ4n) is 2.62. The summed E-state index contributed by atoms with van der Waals surface area (Å²) in [4.78, 5) is 4.39. The molecule has 0 aliphatic carbocycles. The Hall–Kier alpha value is -0.930. The number of rotatable bonds is 7. The molecule has 0 fully saturated rings. The topological polar surface area (TPSA) is 34.1 Å². The third kappa shape index (κ3) is 3.09. The van der Waals surface area contributed by atoms with Crippen LogP contribution >= 0.6 is 0 Å². The largest absolute Gasteiger partial charge is 0.373 e. The standard InChI is InChI=1S/C15H26N2O/c1-6-15(7-2,18-8-3)14(16-5)13-10-9-12(4)17-11-13/h9-11,14,16H,6-8H2,1-5H3. The van der Waals surface area contributed by atoms with Crippen molar-refractivity contribution in [2.24, 2.45) is 0 Å². The molecule has 1 aromatic rings. The fraction of sp³-hybridized carbons (Fsp3) is 0.667. The molecule has 0 spiro atoms. The Labute approximate surface area is 111 Å². The average Bonchev–Trinajstić information content (AvgIpc) is 2.40. The van der Waals surface area contributed by atoms with Crippen LogP contribution in [-0.2, 0) is 4.74 Å². The molecule has 0 radical (unpaired) electrons. The number of nitrogens with zero attached hydrogens (tertiary/aromatic N) is 1. The second-order valence-corrected chi connectivity index (χ2v) is 4.66. The molecule has 0 amide bonds. The summed E-state index contributed by atoms with van der Waals surface area (Å²) in [6.45, 7) is 9.17. The Kier molecular flexibility index (Phi) is 5.76. The van der Waals surface area contributed by atoms with E-state index in [1.165, 1.54) is 5.56 Å². The Morgan fingerprint density at radius 3 is 2.33 bits per heavy atom. The second kappa shape index (κ2) is 6.86. The lowest BCUT2D eigenvalue weighted by molar-refractivity contribution is -0.0718. The third-order valence-corrected chi connectivity index (χ3v) is 3.71. The Bertz CT molecular complexity index is 344. The fourth-order valence-corrected chi connectivity index (χ4v) is 2.62. The summed E-state index contributed by atoms with van der Waals surface area (Å²) in [5.41, 5.74) is 2.09. The van der Waals surface area contributed by atoms with Gasteiger partial charge in [0.2, 0.25) is 0 Å². The summed E-state index contributed by atoms with van der Waals surface area (Å²) >= 11 is 0. The van der Waals surface area contributed by atoms with Crippen LogP contribution in [0, 0.1) is 6.92 Å². The number of likely N-dealkylation sites (N-methyl/N-ethyl adjacent to an activating group) is 1. The molecular formula is C15H26N2O. The van der Waals surface area contributed by atoms with Crippen molar-refractivity contribution in [3.63, 3.8) is 0 Å². The summed E-state index contributed by atoms with van der Waals surface area (Å²) in [6.07, 6.45) is 3.92. The SMILES string of the molecule is CCOC(CC)(CC)C(NC)c1ccc(C)nc1. The van der Waals surface area contributed by atoms with Gasteiger partial charge in [0.05, 0.1) is 11.6 Å². The first-order chi connectivity index (χ1) is 8.63. The molecule has 1 N–H and O–H groups in total. The van der Waals surface area contributed by atoms with Crippen molar-refractivity contribution in [1.29, 1.82) is 0 Å². The van der Waals surface area contributed by atoms with Gasteiger partial charge in [-0.1, -0.05) is 19.9 Å². The molecule has 1 aromatic heterocycles. The quantitative estimate of drug-likeness (QED) is 0.806. The molecule has 0 saturated heterocycles. The molecule has 1 heterocycles. The van der Waals surface area contributed by atoms with Crippen LogP contribution in [-0.4, -0.2) is 24.2 Å². The third-order valence-electron chi connectivity index (χ3n) is 3.71. The van der Waals surface area contributed by atoms with Crippen LogP contribution in [0.1, 0.15) is 50.9 Å². The second-order valence-electron chi connectivity index (χ2n) is 4.66. The first kappa shape index (κ1) is 15.1. The van der Waals surface area contributed by atoms with Crippen LogP contribution in [0.5, 0.6) is 0 Å². The van der Waals surface area contributed by atoms with E-state index < -0.39 is 0 Å². The zero-order chi connectivity index (χ0) is 13.6. The molecule has 3 heteroatoms. The molecule has 0 saturated carbocycles. The predicted molar refractivity (Wildman–Crippen MR) is 75.7 cm³/mol. The van der Waals surface area contributed by atoms with Crippen molar-refractivity contribution < 1.29 is 4.74 Å². The van der Waals surface area contributed by atoms with E-state index in [9.17, 15) is 0 Å². The Morgan fingerprint density at radius 1 is 1.28 bits per heavy atom. The van der Waals surface area contributed by atoms with Crippen LogP contribution in [0.25, 0.3) is 0 Å². The highest BCUT2D eigenvalue weighted by atomic mass is 16.5. The summed E-state index contributed by atoms with van der Waals surface area (Å²) in [7, 11) is 1.99. The van der Waals surface area contributed by atoms with Gasteiger partial charge in [-0.3, -0.25) is 4.98 Å². The van der Waals surface area contributed by atoms with Gasteiger partial charge in [-0.15, -0.1) is 0 Å². The zero-order valence-electron chi connectivity index (χ0n) is 12.3. The van der Waals surface area contributed by atoms with E-state index in [-0.39, 0.29) is 11.6 Å². The summed E-state index contributed by atoms with van der Waals surface area (Å²) in [6, 6.07) is 4.38. The highest BCUT2D eigenvalue weighted by Crippen LogP contribution is 2.34. The van der Waals surface area contributed by atoms with Gasteiger partial charge in [0.15, 0.2) is 0 Å². The van der Waals surface area contributed by atoms with Crippen LogP contribution in [0.15, 0.2) is 18.3 Å². The maximum absolute atomic E-state index is 6.08. The molecule has 1 unspecified atom stereocenters. The van der Waals surface area contributed by atoms with Gasteiger partial charge in [-0.05, 0) is 45.4 Å². The molecule has 0 aliphatic heterocycles. The number of nitrogens with one attached hydrogen (secondary N) is 1. The molecule has 0 aliphatic rings. The molecular weight excluding hydrogens is 224 g/mol. The van der Waals surface area contributed by atoms with Crippen molar-refractivity contribution in [2.75, 3.05) is 13.7 Å². The molecule has 102 valence electrons. The molecule has 0 aromatic carbocycles. The van der Waals surface area contributed by atoms with Gasteiger partial charge >= 0.3 is 0 Å². The monoisotopic (exact) mass is 250 g/mol. The number of ether oxygens (including phenoxy) is 1. The number of pyridine rings is 1. The van der Waals surface area contributed by atoms with Gasteiger partial charge < -0.3 is 10.1 Å². The smallest absolute Gasteiger partial charge is 0.0871 e. The van der Waals surface area contributed by atoms with Gasteiger partial charge in [0.25, 0.3) is 0 Å². The normalized spacial score (nSPS) is 13.6. The van der Waals surface area contributed by atoms with E-state index in [1.807, 2.05) is 20.2 Å². The summed E-state index contributed by atoms with van der Waals surface area (Å²) < 4.78 is 6.08. The maximum atomic E-state index is 6.08. The summed E-state index contributed by atoms with van der Waals surface area (Å²) in [5, 5.41) is 3.40. The molecule has 0 bridgehead atoms. The first-order valence-corrected chi connectivity index (χ1v) is 6.87. The average molecular weight is 250 g/mol.